The van der Waals surface area contributed by atoms with E-state index < -0.39 is 54.6 Å². The molecule has 0 aliphatic carbocycles. The SMILES string of the molecule is C[C@H](CNC(=O)CN1C(=O)c2ccccc2C1=O)NC(=O)CN1C(=O)c2ccccc2C1=O. The van der Waals surface area contributed by atoms with E-state index in [1.807, 2.05) is 0 Å². The Hall–Kier alpha value is -4.34. The molecule has 0 saturated carbocycles. The third kappa shape index (κ3) is 4.10. The Morgan fingerprint density at radius 3 is 1.45 bits per heavy atom. The van der Waals surface area contributed by atoms with E-state index in [-0.39, 0.29) is 28.8 Å². The van der Waals surface area contributed by atoms with Crippen molar-refractivity contribution < 1.29 is 28.8 Å². The monoisotopic (exact) mass is 448 g/mol. The summed E-state index contributed by atoms with van der Waals surface area (Å²) in [6, 6.07) is 12.1. The molecule has 1 atom stereocenters. The van der Waals surface area contributed by atoms with Crippen LogP contribution in [-0.4, -0.2) is 70.9 Å². The van der Waals surface area contributed by atoms with E-state index in [0.29, 0.717) is 0 Å². The highest BCUT2D eigenvalue weighted by molar-refractivity contribution is 6.23. The van der Waals surface area contributed by atoms with Gasteiger partial charge >= 0.3 is 0 Å². The summed E-state index contributed by atoms with van der Waals surface area (Å²) in [5.41, 5.74) is 1.01. The van der Waals surface area contributed by atoms with Crippen LogP contribution in [0.15, 0.2) is 48.5 Å². The van der Waals surface area contributed by atoms with E-state index >= 15 is 0 Å². The lowest BCUT2D eigenvalue weighted by Gasteiger charge is -2.19. The van der Waals surface area contributed by atoms with E-state index in [1.54, 1.807) is 31.2 Å². The zero-order valence-corrected chi connectivity index (χ0v) is 17.7. The third-order valence-corrected chi connectivity index (χ3v) is 5.37. The van der Waals surface area contributed by atoms with Gasteiger partial charge in [0.1, 0.15) is 13.1 Å². The van der Waals surface area contributed by atoms with Crippen LogP contribution in [0.3, 0.4) is 0 Å². The fraction of sp³-hybridized carbons (Fsp3) is 0.217. The maximum atomic E-state index is 12.4. The zero-order valence-electron chi connectivity index (χ0n) is 17.7. The molecular formula is C23H20N4O6. The van der Waals surface area contributed by atoms with Crippen molar-refractivity contribution in [1.82, 2.24) is 20.4 Å². The standard InChI is InChI=1S/C23H20N4O6/c1-13(25-19(29)12-27-22(32)16-8-4-5-9-17(16)23(27)33)10-24-18(28)11-26-20(30)14-6-2-3-7-15(14)21(26)31/h2-9,13H,10-12H2,1H3,(H,24,28)(H,25,29)/t13-/m1/s1. The maximum absolute atomic E-state index is 12.4. The third-order valence-electron chi connectivity index (χ3n) is 5.37. The van der Waals surface area contributed by atoms with Gasteiger partial charge in [-0.05, 0) is 31.2 Å². The van der Waals surface area contributed by atoms with E-state index in [4.69, 9.17) is 0 Å². The minimum atomic E-state index is -0.564. The van der Waals surface area contributed by atoms with Crippen LogP contribution in [0, 0.1) is 0 Å². The van der Waals surface area contributed by atoms with E-state index in [9.17, 15) is 28.8 Å². The maximum Gasteiger partial charge on any atom is 0.262 e. The number of nitrogens with one attached hydrogen (secondary N) is 2. The number of amides is 6. The number of imide groups is 2. The van der Waals surface area contributed by atoms with Gasteiger partial charge in [0, 0.05) is 12.6 Å². The molecule has 2 aromatic rings. The highest BCUT2D eigenvalue weighted by Gasteiger charge is 2.37. The quantitative estimate of drug-likeness (QED) is 0.582. The first-order valence-electron chi connectivity index (χ1n) is 10.2. The van der Waals surface area contributed by atoms with Gasteiger partial charge in [-0.3, -0.25) is 38.6 Å². The first-order chi connectivity index (χ1) is 15.8. The van der Waals surface area contributed by atoms with Crippen molar-refractivity contribution in [3.63, 3.8) is 0 Å². The molecule has 6 amide bonds. The predicted molar refractivity (Wildman–Crippen MR) is 114 cm³/mol. The van der Waals surface area contributed by atoms with Gasteiger partial charge in [0.15, 0.2) is 0 Å². The second-order valence-corrected chi connectivity index (χ2v) is 7.76. The molecule has 0 bridgehead atoms. The second-order valence-electron chi connectivity index (χ2n) is 7.76. The van der Waals surface area contributed by atoms with Gasteiger partial charge < -0.3 is 10.6 Å². The van der Waals surface area contributed by atoms with Crippen LogP contribution in [0.4, 0.5) is 0 Å². The summed E-state index contributed by atoms with van der Waals surface area (Å²) < 4.78 is 0. The van der Waals surface area contributed by atoms with Crippen molar-refractivity contribution in [2.75, 3.05) is 19.6 Å². The van der Waals surface area contributed by atoms with Crippen molar-refractivity contribution in [2.24, 2.45) is 0 Å². The summed E-state index contributed by atoms with van der Waals surface area (Å²) in [5, 5.41) is 5.17. The smallest absolute Gasteiger partial charge is 0.262 e. The summed E-state index contributed by atoms with van der Waals surface area (Å²) >= 11 is 0. The molecule has 0 spiro atoms. The Balaban J connectivity index is 1.25. The first-order valence-corrected chi connectivity index (χ1v) is 10.2. The highest BCUT2D eigenvalue weighted by Crippen LogP contribution is 2.22. The molecule has 2 N–H and O–H groups in total. The van der Waals surface area contributed by atoms with E-state index in [1.165, 1.54) is 24.3 Å². The molecule has 0 fully saturated rings. The molecule has 2 heterocycles. The second kappa shape index (κ2) is 8.65. The van der Waals surface area contributed by atoms with Gasteiger partial charge in [-0.15, -0.1) is 0 Å². The van der Waals surface area contributed by atoms with Crippen LogP contribution in [0.2, 0.25) is 0 Å². The summed E-state index contributed by atoms with van der Waals surface area (Å²) in [6.07, 6.45) is 0. The van der Waals surface area contributed by atoms with E-state index in [0.717, 1.165) is 9.80 Å². The number of hydrogen-bond acceptors (Lipinski definition) is 6. The van der Waals surface area contributed by atoms with Crippen LogP contribution in [0.5, 0.6) is 0 Å². The Kier molecular flexibility index (Phi) is 5.74. The van der Waals surface area contributed by atoms with Crippen molar-refractivity contribution in [2.45, 2.75) is 13.0 Å². The summed E-state index contributed by atoms with van der Waals surface area (Å²) in [6.45, 7) is 0.764. The molecule has 2 aliphatic heterocycles. The molecule has 4 rings (SSSR count). The van der Waals surface area contributed by atoms with Crippen molar-refractivity contribution in [3.8, 4) is 0 Å². The predicted octanol–water partition coefficient (Wildman–Crippen LogP) is 0.200. The lowest BCUT2D eigenvalue weighted by molar-refractivity contribution is -0.123. The number of fused-ring (bicyclic) bond motifs is 2. The van der Waals surface area contributed by atoms with Gasteiger partial charge in [0.05, 0.1) is 22.3 Å². The molecule has 168 valence electrons. The number of carbonyl (C=O) groups is 6. The lowest BCUT2D eigenvalue weighted by Crippen LogP contribution is -2.48. The highest BCUT2D eigenvalue weighted by atomic mass is 16.2. The molecule has 2 aliphatic rings. The molecule has 0 unspecified atom stereocenters. The fourth-order valence-electron chi connectivity index (χ4n) is 3.75. The minimum absolute atomic E-state index is 0.0237. The van der Waals surface area contributed by atoms with Gasteiger partial charge in [-0.25, -0.2) is 0 Å². The van der Waals surface area contributed by atoms with Crippen LogP contribution in [0.1, 0.15) is 48.4 Å². The summed E-state index contributed by atoms with van der Waals surface area (Å²) in [7, 11) is 0. The molecule has 10 nitrogen and oxygen atoms in total. The van der Waals surface area contributed by atoms with Crippen LogP contribution in [-0.2, 0) is 9.59 Å². The molecule has 0 saturated heterocycles. The Labute approximate surface area is 188 Å². The van der Waals surface area contributed by atoms with Gasteiger partial charge in [-0.1, -0.05) is 24.3 Å². The molecule has 10 heteroatoms. The largest absolute Gasteiger partial charge is 0.352 e. The minimum Gasteiger partial charge on any atom is -0.352 e. The summed E-state index contributed by atoms with van der Waals surface area (Å²) in [4.78, 5) is 75.7. The molecule has 2 aromatic carbocycles. The molecule has 33 heavy (non-hydrogen) atoms. The average molecular weight is 448 g/mol. The molecular weight excluding hydrogens is 428 g/mol. The number of carbonyl (C=O) groups excluding carboxylic acids is 6. The van der Waals surface area contributed by atoms with Gasteiger partial charge in [-0.2, -0.15) is 0 Å². The molecule has 0 radical (unpaired) electrons. The van der Waals surface area contributed by atoms with Crippen LogP contribution >= 0.6 is 0 Å². The number of benzene rings is 2. The fourth-order valence-corrected chi connectivity index (χ4v) is 3.75. The number of nitrogens with zero attached hydrogens (tertiary/aromatic N) is 2. The van der Waals surface area contributed by atoms with Gasteiger partial charge in [0.25, 0.3) is 23.6 Å². The Bertz CT molecular complexity index is 1140. The van der Waals surface area contributed by atoms with Crippen molar-refractivity contribution in [1.29, 1.82) is 0 Å². The number of rotatable bonds is 7. The van der Waals surface area contributed by atoms with Crippen LogP contribution in [0.25, 0.3) is 0 Å². The van der Waals surface area contributed by atoms with Crippen molar-refractivity contribution in [3.05, 3.63) is 70.8 Å². The van der Waals surface area contributed by atoms with Crippen LogP contribution < -0.4 is 10.6 Å². The normalized spacial score (nSPS) is 15.4. The number of hydrogen-bond donors (Lipinski definition) is 2. The Morgan fingerprint density at radius 2 is 1.06 bits per heavy atom. The average Bonchev–Trinajstić information content (AvgIpc) is 3.19. The zero-order chi connectivity index (χ0) is 23.7. The topological polar surface area (TPSA) is 133 Å². The lowest BCUT2D eigenvalue weighted by atomic mass is 10.1. The summed E-state index contributed by atoms with van der Waals surface area (Å²) in [5.74, 6) is -3.26. The molecule has 0 aromatic heterocycles. The first kappa shape index (κ1) is 21.9. The Morgan fingerprint density at radius 1 is 0.697 bits per heavy atom. The van der Waals surface area contributed by atoms with Gasteiger partial charge in [0.2, 0.25) is 11.8 Å². The van der Waals surface area contributed by atoms with E-state index in [2.05, 4.69) is 10.6 Å². The van der Waals surface area contributed by atoms with Crippen molar-refractivity contribution >= 4 is 35.4 Å².